The number of ether oxygens (including phenoxy) is 1. The average Bonchev–Trinajstić information content (AvgIpc) is 3.15. The number of carbonyl (C=O) groups is 1. The normalized spacial score (nSPS) is 11.0. The zero-order valence-corrected chi connectivity index (χ0v) is 17.0. The number of para-hydroxylation sites is 1. The van der Waals surface area contributed by atoms with E-state index in [1.54, 1.807) is 6.07 Å². The van der Waals surface area contributed by atoms with Gasteiger partial charge in [-0.15, -0.1) is 0 Å². The Kier molecular flexibility index (Phi) is 6.26. The van der Waals surface area contributed by atoms with Gasteiger partial charge in [-0.1, -0.05) is 30.3 Å². The van der Waals surface area contributed by atoms with Gasteiger partial charge in [-0.05, 0) is 55.7 Å². The first kappa shape index (κ1) is 20.6. The first-order valence-electron chi connectivity index (χ1n) is 10.3. The van der Waals surface area contributed by atoms with Gasteiger partial charge in [-0.2, -0.15) is 0 Å². The smallest absolute Gasteiger partial charge is 0.303 e. The molecule has 31 heavy (non-hydrogen) atoms. The van der Waals surface area contributed by atoms with E-state index in [4.69, 9.17) is 14.8 Å². The summed E-state index contributed by atoms with van der Waals surface area (Å²) in [6.45, 7) is 0.515. The summed E-state index contributed by atoms with van der Waals surface area (Å²) in [5.41, 5.74) is 3.28. The number of benzene rings is 3. The summed E-state index contributed by atoms with van der Waals surface area (Å²) in [6, 6.07) is 22.0. The molecule has 0 atom stereocenters. The van der Waals surface area contributed by atoms with Crippen molar-refractivity contribution in [2.45, 2.75) is 25.7 Å². The summed E-state index contributed by atoms with van der Waals surface area (Å²) in [5, 5.41) is 8.71. The molecule has 1 N–H and O–H groups in total. The molecular formula is C25H23FN2O3. The number of carboxylic acid groups (broad SMARTS) is 1. The van der Waals surface area contributed by atoms with Crippen molar-refractivity contribution in [1.29, 1.82) is 0 Å². The molecule has 0 unspecified atom stereocenters. The van der Waals surface area contributed by atoms with Gasteiger partial charge in [0.15, 0.2) is 0 Å². The molecule has 0 saturated heterocycles. The lowest BCUT2D eigenvalue weighted by Crippen LogP contribution is -2.00. The lowest BCUT2D eigenvalue weighted by molar-refractivity contribution is -0.137. The number of aromatic nitrogens is 2. The van der Waals surface area contributed by atoms with Crippen molar-refractivity contribution < 1.29 is 19.0 Å². The highest BCUT2D eigenvalue weighted by Gasteiger charge is 2.15. The van der Waals surface area contributed by atoms with Gasteiger partial charge in [-0.3, -0.25) is 9.36 Å². The molecule has 0 spiro atoms. The van der Waals surface area contributed by atoms with E-state index in [-0.39, 0.29) is 12.2 Å². The lowest BCUT2D eigenvalue weighted by Gasteiger charge is -2.11. The molecule has 0 aliphatic rings. The first-order chi connectivity index (χ1) is 15.1. The molecule has 158 valence electrons. The number of nitrogens with zero attached hydrogens (tertiary/aromatic N) is 2. The minimum Gasteiger partial charge on any atom is -0.494 e. The molecular weight excluding hydrogens is 395 g/mol. The van der Waals surface area contributed by atoms with Crippen molar-refractivity contribution in [3.63, 3.8) is 0 Å². The van der Waals surface area contributed by atoms with Crippen molar-refractivity contribution in [2.75, 3.05) is 6.61 Å². The maximum Gasteiger partial charge on any atom is 0.303 e. The van der Waals surface area contributed by atoms with Crippen LogP contribution < -0.4 is 4.74 Å². The molecule has 0 amide bonds. The van der Waals surface area contributed by atoms with E-state index in [2.05, 4.69) is 0 Å². The SMILES string of the molecule is O=C(O)CCCCCOc1ccc2nc(-c3cccc(F)c3)n(-c3ccccc3)c2c1. The van der Waals surface area contributed by atoms with Crippen molar-refractivity contribution >= 4 is 17.0 Å². The summed E-state index contributed by atoms with van der Waals surface area (Å²) in [5.74, 6) is 0.297. The fourth-order valence-corrected chi connectivity index (χ4v) is 3.55. The van der Waals surface area contributed by atoms with Crippen molar-refractivity contribution in [2.24, 2.45) is 0 Å². The fraction of sp³-hybridized carbons (Fsp3) is 0.200. The molecule has 3 aromatic carbocycles. The van der Waals surface area contributed by atoms with Crippen LogP contribution in [0.2, 0.25) is 0 Å². The van der Waals surface area contributed by atoms with Gasteiger partial charge in [0.25, 0.3) is 0 Å². The summed E-state index contributed by atoms with van der Waals surface area (Å²) < 4.78 is 21.8. The zero-order chi connectivity index (χ0) is 21.6. The van der Waals surface area contributed by atoms with Crippen LogP contribution in [0.1, 0.15) is 25.7 Å². The molecule has 5 nitrogen and oxygen atoms in total. The topological polar surface area (TPSA) is 64.3 Å². The number of carboxylic acids is 1. The average molecular weight is 418 g/mol. The Bertz CT molecular complexity index is 1190. The van der Waals surface area contributed by atoms with Crippen LogP contribution in [0.5, 0.6) is 5.75 Å². The predicted octanol–water partition coefficient (Wildman–Crippen LogP) is 5.86. The standard InChI is InChI=1S/C25H23FN2O3/c26-19-9-7-8-18(16-19)25-27-22-14-13-21(31-15-6-2-5-12-24(29)30)17-23(22)28(25)20-10-3-1-4-11-20/h1,3-4,7-11,13-14,16-17H,2,5-6,12,15H2,(H,29,30). The van der Waals surface area contributed by atoms with Gasteiger partial charge in [-0.25, -0.2) is 9.37 Å². The van der Waals surface area contributed by atoms with E-state index in [1.807, 2.05) is 59.2 Å². The van der Waals surface area contributed by atoms with Gasteiger partial charge in [0, 0.05) is 23.7 Å². The minimum absolute atomic E-state index is 0.186. The molecule has 4 rings (SSSR count). The van der Waals surface area contributed by atoms with Crippen LogP contribution in [0.15, 0.2) is 72.8 Å². The number of rotatable bonds is 9. The van der Waals surface area contributed by atoms with Crippen LogP contribution in [-0.2, 0) is 4.79 Å². The number of fused-ring (bicyclic) bond motifs is 1. The number of hydrogen-bond acceptors (Lipinski definition) is 3. The maximum absolute atomic E-state index is 13.9. The highest BCUT2D eigenvalue weighted by Crippen LogP contribution is 2.31. The number of halogens is 1. The van der Waals surface area contributed by atoms with Crippen LogP contribution in [-0.4, -0.2) is 27.2 Å². The van der Waals surface area contributed by atoms with Crippen molar-refractivity contribution in [3.8, 4) is 22.8 Å². The van der Waals surface area contributed by atoms with E-state index in [0.29, 0.717) is 30.2 Å². The second kappa shape index (κ2) is 9.43. The molecule has 0 radical (unpaired) electrons. The molecule has 1 heterocycles. The van der Waals surface area contributed by atoms with Crippen LogP contribution in [0.25, 0.3) is 28.1 Å². The molecule has 0 aliphatic heterocycles. The van der Waals surface area contributed by atoms with Gasteiger partial charge in [0.2, 0.25) is 0 Å². The summed E-state index contributed by atoms with van der Waals surface area (Å²) >= 11 is 0. The van der Waals surface area contributed by atoms with Gasteiger partial charge in [0.05, 0.1) is 17.6 Å². The predicted molar refractivity (Wildman–Crippen MR) is 118 cm³/mol. The van der Waals surface area contributed by atoms with Gasteiger partial charge < -0.3 is 9.84 Å². The van der Waals surface area contributed by atoms with Gasteiger partial charge >= 0.3 is 5.97 Å². The molecule has 0 saturated carbocycles. The summed E-state index contributed by atoms with van der Waals surface area (Å²) in [6.07, 6.45) is 2.43. The number of aliphatic carboxylic acids is 1. The van der Waals surface area contributed by atoms with E-state index in [9.17, 15) is 9.18 Å². The van der Waals surface area contributed by atoms with Crippen molar-refractivity contribution in [3.05, 3.63) is 78.6 Å². The second-order valence-corrected chi connectivity index (χ2v) is 7.32. The Morgan fingerprint density at radius 3 is 2.58 bits per heavy atom. The lowest BCUT2D eigenvalue weighted by atomic mass is 10.2. The highest BCUT2D eigenvalue weighted by molar-refractivity contribution is 5.84. The van der Waals surface area contributed by atoms with E-state index >= 15 is 0 Å². The third-order valence-electron chi connectivity index (χ3n) is 5.03. The third-order valence-corrected chi connectivity index (χ3v) is 5.03. The van der Waals surface area contributed by atoms with E-state index < -0.39 is 5.97 Å². The van der Waals surface area contributed by atoms with Crippen LogP contribution in [0.4, 0.5) is 4.39 Å². The Morgan fingerprint density at radius 1 is 0.968 bits per heavy atom. The Labute approximate surface area is 179 Å². The summed E-state index contributed by atoms with van der Waals surface area (Å²) in [4.78, 5) is 15.4. The van der Waals surface area contributed by atoms with Gasteiger partial charge in [0.1, 0.15) is 17.4 Å². The van der Waals surface area contributed by atoms with Crippen LogP contribution in [0, 0.1) is 5.82 Å². The highest BCUT2D eigenvalue weighted by atomic mass is 19.1. The first-order valence-corrected chi connectivity index (χ1v) is 10.3. The molecule has 0 fully saturated rings. The quantitative estimate of drug-likeness (QED) is 0.346. The monoisotopic (exact) mass is 418 g/mol. The minimum atomic E-state index is -0.769. The Morgan fingerprint density at radius 2 is 1.81 bits per heavy atom. The van der Waals surface area contributed by atoms with Crippen molar-refractivity contribution in [1.82, 2.24) is 9.55 Å². The van der Waals surface area contributed by atoms with Crippen LogP contribution in [0.3, 0.4) is 0 Å². The maximum atomic E-state index is 13.9. The molecule has 4 aromatic rings. The number of unbranched alkanes of at least 4 members (excludes halogenated alkanes) is 2. The number of hydrogen-bond donors (Lipinski definition) is 1. The second-order valence-electron chi connectivity index (χ2n) is 7.32. The number of imidazole rings is 1. The fourth-order valence-electron chi connectivity index (χ4n) is 3.55. The molecule has 6 heteroatoms. The zero-order valence-electron chi connectivity index (χ0n) is 17.0. The van der Waals surface area contributed by atoms with E-state index in [1.165, 1.54) is 12.1 Å². The summed E-state index contributed by atoms with van der Waals surface area (Å²) in [7, 11) is 0. The third kappa shape index (κ3) is 4.91. The Hall–Kier alpha value is -3.67. The van der Waals surface area contributed by atoms with E-state index in [0.717, 1.165) is 29.6 Å². The Balaban J connectivity index is 1.64. The molecule has 0 bridgehead atoms. The van der Waals surface area contributed by atoms with Crippen LogP contribution >= 0.6 is 0 Å². The molecule has 0 aliphatic carbocycles. The molecule has 1 aromatic heterocycles. The largest absolute Gasteiger partial charge is 0.494 e.